The number of nitrogens with zero attached hydrogens (tertiary/aromatic N) is 1. The maximum atomic E-state index is 13.1. The van der Waals surface area contributed by atoms with Gasteiger partial charge in [0.15, 0.2) is 17.3 Å². The molecule has 0 spiro atoms. The zero-order chi connectivity index (χ0) is 21.8. The van der Waals surface area contributed by atoms with E-state index in [-0.39, 0.29) is 29.5 Å². The predicted molar refractivity (Wildman–Crippen MR) is 117 cm³/mol. The van der Waals surface area contributed by atoms with Crippen LogP contribution in [0.3, 0.4) is 0 Å². The molecule has 0 aliphatic rings. The van der Waals surface area contributed by atoms with Crippen molar-refractivity contribution in [2.45, 2.75) is 6.92 Å². The van der Waals surface area contributed by atoms with E-state index in [9.17, 15) is 14.4 Å². The molecule has 31 heavy (non-hydrogen) atoms. The molecule has 0 N–H and O–H groups in total. The number of carbonyl (C=O) groups excluding carboxylic acids is 2. The van der Waals surface area contributed by atoms with Crippen LogP contribution in [0.25, 0.3) is 16.6 Å². The Morgan fingerprint density at radius 1 is 0.839 bits per heavy atom. The summed E-state index contributed by atoms with van der Waals surface area (Å²) >= 11 is 0. The van der Waals surface area contributed by atoms with Crippen LogP contribution in [-0.4, -0.2) is 22.9 Å². The van der Waals surface area contributed by atoms with E-state index in [1.165, 1.54) is 13.1 Å². The Morgan fingerprint density at radius 3 is 2.23 bits per heavy atom. The molecule has 0 radical (unpaired) electrons. The van der Waals surface area contributed by atoms with Gasteiger partial charge in [0.1, 0.15) is 12.2 Å². The average molecular weight is 413 g/mol. The fraction of sp³-hybridized carbons (Fsp3) is 0.0800. The first-order valence-electron chi connectivity index (χ1n) is 9.68. The van der Waals surface area contributed by atoms with Crippen LogP contribution < -0.4 is 14.9 Å². The molecule has 0 atom stereocenters. The highest BCUT2D eigenvalue weighted by Gasteiger charge is 2.19. The minimum Gasteiger partial charge on any atom is -0.482 e. The second-order valence-corrected chi connectivity index (χ2v) is 6.92. The SMILES string of the molecule is CC(=O)COc1ccccc1OC(=O)c1cn(-c2ccccc2)c2ccccc2c1=O. The number of hydrogen-bond acceptors (Lipinski definition) is 5. The van der Waals surface area contributed by atoms with Crippen molar-refractivity contribution >= 4 is 22.7 Å². The largest absolute Gasteiger partial charge is 0.482 e. The van der Waals surface area contributed by atoms with Gasteiger partial charge in [0, 0.05) is 17.3 Å². The Balaban J connectivity index is 1.77. The van der Waals surface area contributed by atoms with E-state index in [2.05, 4.69) is 0 Å². The summed E-state index contributed by atoms with van der Waals surface area (Å²) in [6, 6.07) is 23.0. The van der Waals surface area contributed by atoms with Crippen molar-refractivity contribution in [3.63, 3.8) is 0 Å². The highest BCUT2D eigenvalue weighted by atomic mass is 16.6. The molecule has 0 aliphatic carbocycles. The van der Waals surface area contributed by atoms with Crippen LogP contribution in [0.2, 0.25) is 0 Å². The summed E-state index contributed by atoms with van der Waals surface area (Å²) in [5.41, 5.74) is 0.956. The first kappa shape index (κ1) is 20.1. The first-order chi connectivity index (χ1) is 15.0. The number of fused-ring (bicyclic) bond motifs is 1. The van der Waals surface area contributed by atoms with Crippen LogP contribution in [0.1, 0.15) is 17.3 Å². The van der Waals surface area contributed by atoms with Crippen LogP contribution in [0.5, 0.6) is 11.5 Å². The quantitative estimate of drug-likeness (QED) is 0.350. The number of ketones is 1. The molecule has 4 rings (SSSR count). The lowest BCUT2D eigenvalue weighted by molar-refractivity contribution is -0.118. The first-order valence-corrected chi connectivity index (χ1v) is 9.68. The highest BCUT2D eigenvalue weighted by Crippen LogP contribution is 2.27. The maximum Gasteiger partial charge on any atom is 0.349 e. The topological polar surface area (TPSA) is 74.6 Å². The number of Topliss-reactive ketones (excluding diaryl/α,β-unsaturated/α-hetero) is 1. The van der Waals surface area contributed by atoms with E-state index in [4.69, 9.17) is 9.47 Å². The Hall–Kier alpha value is -4.19. The number of carbonyl (C=O) groups is 2. The standard InChI is InChI=1S/C25H19NO5/c1-17(27)16-30-22-13-7-8-14-23(22)31-25(29)20-15-26(18-9-3-2-4-10-18)21-12-6-5-11-19(21)24(20)28/h2-15H,16H2,1H3. The van der Waals surface area contributed by atoms with Gasteiger partial charge in [0.25, 0.3) is 0 Å². The third-order valence-corrected chi connectivity index (χ3v) is 4.65. The van der Waals surface area contributed by atoms with Crippen LogP contribution in [0.4, 0.5) is 0 Å². The molecular weight excluding hydrogens is 394 g/mol. The average Bonchev–Trinajstić information content (AvgIpc) is 2.79. The van der Waals surface area contributed by atoms with Gasteiger partial charge in [0.2, 0.25) is 5.43 Å². The zero-order valence-electron chi connectivity index (χ0n) is 16.8. The Morgan fingerprint density at radius 2 is 1.48 bits per heavy atom. The van der Waals surface area contributed by atoms with Crippen molar-refractivity contribution < 1.29 is 19.1 Å². The normalized spacial score (nSPS) is 10.6. The van der Waals surface area contributed by atoms with Crippen molar-refractivity contribution in [3.05, 3.63) is 101 Å². The van der Waals surface area contributed by atoms with Gasteiger partial charge in [-0.15, -0.1) is 0 Å². The summed E-state index contributed by atoms with van der Waals surface area (Å²) in [4.78, 5) is 37.3. The molecule has 0 aliphatic heterocycles. The van der Waals surface area contributed by atoms with E-state index in [0.29, 0.717) is 10.9 Å². The van der Waals surface area contributed by atoms with Crippen LogP contribution in [0.15, 0.2) is 89.9 Å². The molecule has 0 saturated heterocycles. The fourth-order valence-corrected chi connectivity index (χ4v) is 3.21. The Bertz CT molecular complexity index is 1320. The molecule has 0 fully saturated rings. The van der Waals surface area contributed by atoms with Crippen molar-refractivity contribution in [2.75, 3.05) is 6.61 Å². The molecule has 0 saturated carbocycles. The van der Waals surface area contributed by atoms with Gasteiger partial charge in [-0.1, -0.05) is 42.5 Å². The number of pyridine rings is 1. The van der Waals surface area contributed by atoms with E-state index < -0.39 is 11.4 Å². The van der Waals surface area contributed by atoms with Gasteiger partial charge in [-0.2, -0.15) is 0 Å². The predicted octanol–water partition coefficient (Wildman–Crippen LogP) is 4.18. The van der Waals surface area contributed by atoms with E-state index in [1.54, 1.807) is 41.0 Å². The molecule has 6 nitrogen and oxygen atoms in total. The van der Waals surface area contributed by atoms with Gasteiger partial charge in [-0.3, -0.25) is 9.59 Å². The second kappa shape index (κ2) is 8.67. The number of aromatic nitrogens is 1. The van der Waals surface area contributed by atoms with E-state index in [1.807, 2.05) is 42.5 Å². The molecule has 3 aromatic carbocycles. The van der Waals surface area contributed by atoms with E-state index >= 15 is 0 Å². The van der Waals surface area contributed by atoms with Crippen molar-refractivity contribution in [1.82, 2.24) is 4.57 Å². The summed E-state index contributed by atoms with van der Waals surface area (Å²) in [6.07, 6.45) is 1.49. The minimum absolute atomic E-state index is 0.107. The van der Waals surface area contributed by atoms with Gasteiger partial charge in [-0.05, 0) is 43.3 Å². The second-order valence-electron chi connectivity index (χ2n) is 6.92. The molecule has 0 amide bonds. The van der Waals surface area contributed by atoms with Crippen LogP contribution >= 0.6 is 0 Å². The van der Waals surface area contributed by atoms with Crippen molar-refractivity contribution in [1.29, 1.82) is 0 Å². The molecule has 1 heterocycles. The van der Waals surface area contributed by atoms with Gasteiger partial charge < -0.3 is 14.0 Å². The molecule has 154 valence electrons. The summed E-state index contributed by atoms with van der Waals surface area (Å²) in [6.45, 7) is 1.25. The number of hydrogen-bond donors (Lipinski definition) is 0. The summed E-state index contributed by atoms with van der Waals surface area (Å²) < 4.78 is 12.7. The lowest BCUT2D eigenvalue weighted by atomic mass is 10.1. The molecule has 4 aromatic rings. The number of para-hydroxylation sites is 4. The number of benzene rings is 3. The summed E-state index contributed by atoms with van der Waals surface area (Å²) in [5.74, 6) is -0.594. The third-order valence-electron chi connectivity index (χ3n) is 4.65. The number of ether oxygens (including phenoxy) is 2. The number of esters is 1. The maximum absolute atomic E-state index is 13.1. The van der Waals surface area contributed by atoms with Gasteiger partial charge in [-0.25, -0.2) is 4.79 Å². The highest BCUT2D eigenvalue weighted by molar-refractivity contribution is 5.95. The van der Waals surface area contributed by atoms with E-state index in [0.717, 1.165) is 5.69 Å². The third kappa shape index (κ3) is 4.23. The molecule has 6 heteroatoms. The molecular formula is C25H19NO5. The monoisotopic (exact) mass is 413 g/mol. The van der Waals surface area contributed by atoms with Crippen molar-refractivity contribution in [2.24, 2.45) is 0 Å². The molecule has 1 aromatic heterocycles. The van der Waals surface area contributed by atoms with Crippen LogP contribution in [-0.2, 0) is 4.79 Å². The van der Waals surface area contributed by atoms with Gasteiger partial charge in [0.05, 0.1) is 5.52 Å². The zero-order valence-corrected chi connectivity index (χ0v) is 16.8. The molecule has 0 bridgehead atoms. The lowest BCUT2D eigenvalue weighted by Gasteiger charge is -2.14. The van der Waals surface area contributed by atoms with Gasteiger partial charge >= 0.3 is 5.97 Å². The Labute approximate surface area is 178 Å². The number of rotatable bonds is 6. The smallest absolute Gasteiger partial charge is 0.349 e. The summed E-state index contributed by atoms with van der Waals surface area (Å²) in [5, 5.41) is 0.405. The summed E-state index contributed by atoms with van der Waals surface area (Å²) in [7, 11) is 0. The lowest BCUT2D eigenvalue weighted by Crippen LogP contribution is -2.22. The molecule has 0 unspecified atom stereocenters. The van der Waals surface area contributed by atoms with Crippen LogP contribution in [0, 0.1) is 0 Å². The fourth-order valence-electron chi connectivity index (χ4n) is 3.21. The minimum atomic E-state index is -0.806. The Kier molecular flexibility index (Phi) is 5.62. The van der Waals surface area contributed by atoms with Crippen molar-refractivity contribution in [3.8, 4) is 17.2 Å².